The minimum atomic E-state index is -4.71. The topological polar surface area (TPSA) is 97.1 Å². The van der Waals surface area contributed by atoms with E-state index in [-0.39, 0.29) is 48.9 Å². The summed E-state index contributed by atoms with van der Waals surface area (Å²) in [6.45, 7) is 2.42. The Labute approximate surface area is 244 Å². The molecule has 6 rings (SSSR count). The molecule has 2 aliphatic heterocycles. The number of carbonyl (C=O) groups excluding carboxylic acids is 1. The van der Waals surface area contributed by atoms with Gasteiger partial charge in [0.2, 0.25) is 6.79 Å². The molecule has 43 heavy (non-hydrogen) atoms. The zero-order valence-electron chi connectivity index (χ0n) is 23.3. The predicted molar refractivity (Wildman–Crippen MR) is 150 cm³/mol. The van der Waals surface area contributed by atoms with Crippen LogP contribution >= 0.6 is 0 Å². The van der Waals surface area contributed by atoms with Crippen LogP contribution in [0.5, 0.6) is 11.5 Å². The minimum Gasteiger partial charge on any atom is -0.478 e. The Morgan fingerprint density at radius 3 is 2.58 bits per heavy atom. The fraction of sp³-hybridized carbons (Fsp3) is 0.258. The predicted octanol–water partition coefficient (Wildman–Crippen LogP) is 5.46. The first-order chi connectivity index (χ1) is 20.5. The summed E-state index contributed by atoms with van der Waals surface area (Å²) in [6.07, 6.45) is -4.46. The van der Waals surface area contributed by atoms with Crippen LogP contribution in [0.1, 0.15) is 48.8 Å². The highest BCUT2D eigenvalue weighted by Gasteiger charge is 2.41. The van der Waals surface area contributed by atoms with Crippen molar-refractivity contribution in [1.29, 1.82) is 0 Å². The molecule has 9 nitrogen and oxygen atoms in total. The Morgan fingerprint density at radius 2 is 1.81 bits per heavy atom. The lowest BCUT2D eigenvalue weighted by molar-refractivity contribution is -0.142. The molecule has 1 amide bonds. The van der Waals surface area contributed by atoms with Crippen molar-refractivity contribution in [3.8, 4) is 17.2 Å². The van der Waals surface area contributed by atoms with Crippen molar-refractivity contribution in [3.05, 3.63) is 99.9 Å². The van der Waals surface area contributed by atoms with Crippen molar-refractivity contribution in [3.63, 3.8) is 0 Å². The molecule has 0 unspecified atom stereocenters. The van der Waals surface area contributed by atoms with Crippen LogP contribution in [0.25, 0.3) is 5.69 Å². The van der Waals surface area contributed by atoms with Crippen LogP contribution in [-0.2, 0) is 25.7 Å². The maximum Gasteiger partial charge on any atom is 0.435 e. The van der Waals surface area contributed by atoms with Gasteiger partial charge in [0, 0.05) is 56.0 Å². The van der Waals surface area contributed by atoms with Crippen LogP contribution < -0.4 is 14.4 Å². The molecule has 0 saturated heterocycles. The van der Waals surface area contributed by atoms with Gasteiger partial charge >= 0.3 is 12.1 Å². The van der Waals surface area contributed by atoms with Crippen molar-refractivity contribution in [2.24, 2.45) is 0 Å². The van der Waals surface area contributed by atoms with Crippen LogP contribution in [0.15, 0.2) is 60.7 Å². The molecule has 0 aliphatic carbocycles. The average molecular weight is 593 g/mol. The van der Waals surface area contributed by atoms with Gasteiger partial charge in [0.05, 0.1) is 16.9 Å². The summed E-state index contributed by atoms with van der Waals surface area (Å²) in [6, 6.07) is 16.4. The number of carbonyl (C=O) groups is 2. The molecule has 0 spiro atoms. The lowest BCUT2D eigenvalue weighted by Gasteiger charge is -2.29. The second-order valence-electron chi connectivity index (χ2n) is 10.5. The number of nitrogens with zero attached hydrogens (tertiary/aromatic N) is 4. The number of anilines is 1. The number of carboxylic acid groups (broad SMARTS) is 1. The molecule has 1 N–H and O–H groups in total. The standard InChI is InChI=1S/C31H27F3N4O5/c1-18-5-3-8-22(30(40)41)23(18)15-37-12-11-25-24(16-37)28(31(32,33)34)35-38(25)21-7-4-6-19(13-21)29(39)36(2)20-9-10-26-27(14-20)43-17-42-26/h3-10,13-14H,11-12,15-17H2,1-2H3,(H,40,41). The third-order valence-electron chi connectivity index (χ3n) is 7.81. The Bertz CT molecular complexity index is 1750. The quantitative estimate of drug-likeness (QED) is 0.318. The molecule has 12 heteroatoms. The number of ether oxygens (including phenoxy) is 2. The largest absolute Gasteiger partial charge is 0.478 e. The van der Waals surface area contributed by atoms with Gasteiger partial charge in [-0.2, -0.15) is 18.3 Å². The lowest BCUT2D eigenvalue weighted by atomic mass is 9.99. The monoisotopic (exact) mass is 592 g/mol. The van der Waals surface area contributed by atoms with Crippen molar-refractivity contribution in [1.82, 2.24) is 14.7 Å². The summed E-state index contributed by atoms with van der Waals surface area (Å²) in [5.41, 5.74) is 2.07. The van der Waals surface area contributed by atoms with Crippen LogP contribution in [0.3, 0.4) is 0 Å². The molecule has 0 fully saturated rings. The summed E-state index contributed by atoms with van der Waals surface area (Å²) >= 11 is 0. The highest BCUT2D eigenvalue weighted by atomic mass is 19.4. The van der Waals surface area contributed by atoms with E-state index in [1.54, 1.807) is 67.4 Å². The minimum absolute atomic E-state index is 0.0402. The Balaban J connectivity index is 1.31. The number of aromatic nitrogens is 2. The third kappa shape index (κ3) is 5.29. The van der Waals surface area contributed by atoms with E-state index in [0.717, 1.165) is 5.56 Å². The van der Waals surface area contributed by atoms with Gasteiger partial charge in [-0.25, -0.2) is 9.48 Å². The Hall–Kier alpha value is -4.84. The van der Waals surface area contributed by atoms with Crippen LogP contribution in [0.4, 0.5) is 18.9 Å². The van der Waals surface area contributed by atoms with Crippen LogP contribution in [0.2, 0.25) is 0 Å². The van der Waals surface area contributed by atoms with Gasteiger partial charge in [-0.15, -0.1) is 0 Å². The Morgan fingerprint density at radius 1 is 1.05 bits per heavy atom. The van der Waals surface area contributed by atoms with E-state index in [0.29, 0.717) is 40.7 Å². The molecule has 0 saturated carbocycles. The second-order valence-corrected chi connectivity index (χ2v) is 10.5. The molecular formula is C31H27F3N4O5. The average Bonchev–Trinajstić information content (AvgIpc) is 3.61. The summed E-state index contributed by atoms with van der Waals surface area (Å²) in [4.78, 5) is 28.4. The lowest BCUT2D eigenvalue weighted by Crippen LogP contribution is -2.32. The smallest absolute Gasteiger partial charge is 0.435 e. The van der Waals surface area contributed by atoms with Gasteiger partial charge in [0.25, 0.3) is 5.91 Å². The number of hydrogen-bond donors (Lipinski definition) is 1. The van der Waals surface area contributed by atoms with E-state index in [9.17, 15) is 27.9 Å². The second kappa shape index (κ2) is 10.8. The summed E-state index contributed by atoms with van der Waals surface area (Å²) < 4.78 is 54.7. The fourth-order valence-corrected chi connectivity index (χ4v) is 5.56. The molecule has 0 atom stereocenters. The van der Waals surface area contributed by atoms with E-state index in [1.165, 1.54) is 21.7 Å². The number of benzene rings is 3. The van der Waals surface area contributed by atoms with Crippen molar-refractivity contribution in [2.75, 3.05) is 25.3 Å². The molecule has 3 aromatic carbocycles. The van der Waals surface area contributed by atoms with Gasteiger partial charge in [-0.05, 0) is 54.4 Å². The SMILES string of the molecule is Cc1cccc(C(=O)O)c1CN1CCc2c(c(C(F)(F)F)nn2-c2cccc(C(=O)N(C)c3ccc4c(c3)OCO4)c2)C1. The number of aryl methyl sites for hydroxylation is 1. The van der Waals surface area contributed by atoms with Gasteiger partial charge < -0.3 is 19.5 Å². The van der Waals surface area contributed by atoms with Gasteiger partial charge in [0.1, 0.15) is 0 Å². The number of fused-ring (bicyclic) bond motifs is 2. The number of alkyl halides is 3. The fourth-order valence-electron chi connectivity index (χ4n) is 5.56. The molecule has 222 valence electrons. The summed E-state index contributed by atoms with van der Waals surface area (Å²) in [5.74, 6) is -0.352. The highest BCUT2D eigenvalue weighted by molar-refractivity contribution is 6.06. The van der Waals surface area contributed by atoms with Crippen molar-refractivity contribution < 1.29 is 37.3 Å². The van der Waals surface area contributed by atoms with E-state index < -0.39 is 17.8 Å². The maximum atomic E-state index is 14.2. The zero-order valence-corrected chi connectivity index (χ0v) is 23.3. The number of aromatic carboxylic acids is 1. The van der Waals surface area contributed by atoms with Crippen molar-refractivity contribution >= 4 is 17.6 Å². The van der Waals surface area contributed by atoms with E-state index in [4.69, 9.17) is 9.47 Å². The van der Waals surface area contributed by atoms with Crippen LogP contribution in [-0.4, -0.2) is 52.0 Å². The first-order valence-electron chi connectivity index (χ1n) is 13.5. The number of carboxylic acids is 1. The number of amides is 1. The van der Waals surface area contributed by atoms with Crippen molar-refractivity contribution in [2.45, 2.75) is 32.6 Å². The molecule has 4 aromatic rings. The third-order valence-corrected chi connectivity index (χ3v) is 7.81. The molecule has 2 aliphatic rings. The first-order valence-corrected chi connectivity index (χ1v) is 13.5. The molecule has 0 radical (unpaired) electrons. The number of hydrogen-bond acceptors (Lipinski definition) is 6. The molecule has 3 heterocycles. The molecule has 1 aromatic heterocycles. The summed E-state index contributed by atoms with van der Waals surface area (Å²) in [7, 11) is 1.60. The van der Waals surface area contributed by atoms with Gasteiger partial charge in [-0.3, -0.25) is 9.69 Å². The van der Waals surface area contributed by atoms with E-state index >= 15 is 0 Å². The zero-order chi connectivity index (χ0) is 30.5. The Kier molecular flexibility index (Phi) is 7.09. The van der Waals surface area contributed by atoms with Gasteiger partial charge in [-0.1, -0.05) is 18.2 Å². The molecule has 0 bridgehead atoms. The maximum absolute atomic E-state index is 14.2. The van der Waals surface area contributed by atoms with E-state index in [1.807, 2.05) is 0 Å². The number of rotatable bonds is 6. The number of halogens is 3. The van der Waals surface area contributed by atoms with E-state index in [2.05, 4.69) is 5.10 Å². The van der Waals surface area contributed by atoms with Crippen LogP contribution in [0, 0.1) is 6.92 Å². The highest BCUT2D eigenvalue weighted by Crippen LogP contribution is 2.38. The molecular weight excluding hydrogens is 565 g/mol. The first kappa shape index (κ1) is 28.3. The van der Waals surface area contributed by atoms with Gasteiger partial charge in [0.15, 0.2) is 17.2 Å². The normalized spacial score (nSPS) is 14.4. The summed E-state index contributed by atoms with van der Waals surface area (Å²) in [5, 5.41) is 13.6.